The molecule has 0 saturated carbocycles. The first-order valence-electron chi connectivity index (χ1n) is 7.01. The van der Waals surface area contributed by atoms with Crippen molar-refractivity contribution in [3.63, 3.8) is 0 Å². The summed E-state index contributed by atoms with van der Waals surface area (Å²) in [5.41, 5.74) is 2.12. The van der Waals surface area contributed by atoms with Crippen LogP contribution in [0, 0.1) is 0 Å². The van der Waals surface area contributed by atoms with Crippen molar-refractivity contribution in [2.75, 3.05) is 6.54 Å². The molecule has 0 aliphatic carbocycles. The smallest absolute Gasteiger partial charge is 0.187 e. The van der Waals surface area contributed by atoms with Crippen LogP contribution < -0.4 is 5.32 Å². The summed E-state index contributed by atoms with van der Waals surface area (Å²) in [5, 5.41) is 13.7. The maximum Gasteiger partial charge on any atom is 0.187 e. The van der Waals surface area contributed by atoms with Crippen molar-refractivity contribution in [3.05, 3.63) is 82.5 Å². The summed E-state index contributed by atoms with van der Waals surface area (Å²) in [5.74, 6) is -0.101. The first kappa shape index (κ1) is 16.3. The number of carbonyl (C=O) groups is 1. The second-order valence-electron chi connectivity index (χ2n) is 5.01. The molecule has 2 N–H and O–H groups in total. The number of hydrogen-bond acceptors (Lipinski definition) is 3. The van der Waals surface area contributed by atoms with Crippen LogP contribution >= 0.6 is 11.6 Å². The van der Waals surface area contributed by atoms with Crippen molar-refractivity contribution in [2.24, 2.45) is 0 Å². The standard InChI is InChI=1S/C18H18ClNO2/c1-13(11-17(21)15-7-9-16(19)10-8-15)20-12-18(22)14-5-3-2-4-6-14/h2-11,18,20,22H,12H2,1H3. The Balaban J connectivity index is 1.92. The summed E-state index contributed by atoms with van der Waals surface area (Å²) in [6, 6.07) is 16.1. The number of carbonyl (C=O) groups excluding carboxylic acids is 1. The van der Waals surface area contributed by atoms with Crippen LogP contribution in [0.25, 0.3) is 0 Å². The highest BCUT2D eigenvalue weighted by Gasteiger charge is 2.07. The minimum absolute atomic E-state index is 0.101. The topological polar surface area (TPSA) is 49.3 Å². The van der Waals surface area contributed by atoms with E-state index in [-0.39, 0.29) is 5.78 Å². The Morgan fingerprint density at radius 2 is 1.82 bits per heavy atom. The third kappa shape index (κ3) is 4.72. The van der Waals surface area contributed by atoms with E-state index in [9.17, 15) is 9.90 Å². The number of benzene rings is 2. The van der Waals surface area contributed by atoms with Crippen molar-refractivity contribution in [1.29, 1.82) is 0 Å². The Bertz CT molecular complexity index is 651. The zero-order chi connectivity index (χ0) is 15.9. The predicted octanol–water partition coefficient (Wildman–Crippen LogP) is 3.75. The SMILES string of the molecule is CC(=CC(=O)c1ccc(Cl)cc1)NCC(O)c1ccccc1. The highest BCUT2D eigenvalue weighted by molar-refractivity contribution is 6.30. The Hall–Kier alpha value is -2.10. The van der Waals surface area contributed by atoms with Crippen molar-refractivity contribution in [2.45, 2.75) is 13.0 Å². The number of allylic oxidation sites excluding steroid dienone is 2. The van der Waals surface area contributed by atoms with Crippen molar-refractivity contribution in [3.8, 4) is 0 Å². The number of halogens is 1. The van der Waals surface area contributed by atoms with E-state index in [1.807, 2.05) is 30.3 Å². The summed E-state index contributed by atoms with van der Waals surface area (Å²) in [4.78, 5) is 12.1. The van der Waals surface area contributed by atoms with Gasteiger partial charge >= 0.3 is 0 Å². The van der Waals surface area contributed by atoms with Crippen LogP contribution in [-0.2, 0) is 0 Å². The van der Waals surface area contributed by atoms with Gasteiger partial charge in [0.2, 0.25) is 0 Å². The molecule has 0 aliphatic rings. The molecule has 1 unspecified atom stereocenters. The first-order chi connectivity index (χ1) is 10.6. The third-order valence-electron chi connectivity index (χ3n) is 3.23. The van der Waals surface area contributed by atoms with Gasteiger partial charge in [0.15, 0.2) is 5.78 Å². The van der Waals surface area contributed by atoms with Crippen molar-refractivity contribution in [1.82, 2.24) is 5.32 Å². The Labute approximate surface area is 135 Å². The molecule has 0 fully saturated rings. The molecule has 4 heteroatoms. The van der Waals surface area contributed by atoms with Crippen LogP contribution in [0.1, 0.15) is 28.9 Å². The lowest BCUT2D eigenvalue weighted by Crippen LogP contribution is -2.20. The van der Waals surface area contributed by atoms with Crippen LogP contribution in [0.2, 0.25) is 5.02 Å². The maximum absolute atomic E-state index is 12.1. The fourth-order valence-corrected chi connectivity index (χ4v) is 2.12. The van der Waals surface area contributed by atoms with Crippen molar-refractivity contribution < 1.29 is 9.90 Å². The average Bonchev–Trinajstić information content (AvgIpc) is 2.54. The number of rotatable bonds is 6. The van der Waals surface area contributed by atoms with Gasteiger partial charge in [0, 0.05) is 28.9 Å². The van der Waals surface area contributed by atoms with Crippen LogP contribution in [0.3, 0.4) is 0 Å². The molecule has 22 heavy (non-hydrogen) atoms. The fraction of sp³-hybridized carbons (Fsp3) is 0.167. The molecule has 0 aromatic heterocycles. The number of ketones is 1. The highest BCUT2D eigenvalue weighted by Crippen LogP contribution is 2.12. The summed E-state index contributed by atoms with van der Waals surface area (Å²) < 4.78 is 0. The van der Waals surface area contributed by atoms with Gasteiger partial charge in [-0.3, -0.25) is 4.79 Å². The lowest BCUT2D eigenvalue weighted by Gasteiger charge is -2.13. The molecule has 114 valence electrons. The Morgan fingerprint density at radius 1 is 1.18 bits per heavy atom. The number of hydrogen-bond donors (Lipinski definition) is 2. The van der Waals surface area contributed by atoms with Gasteiger partial charge in [0.25, 0.3) is 0 Å². The second-order valence-corrected chi connectivity index (χ2v) is 5.44. The number of aliphatic hydroxyl groups excluding tert-OH is 1. The van der Waals surface area contributed by atoms with Crippen LogP contribution in [0.4, 0.5) is 0 Å². The summed E-state index contributed by atoms with van der Waals surface area (Å²) >= 11 is 5.80. The van der Waals surface area contributed by atoms with E-state index in [1.54, 1.807) is 31.2 Å². The summed E-state index contributed by atoms with van der Waals surface area (Å²) in [6.45, 7) is 2.14. The molecule has 0 amide bonds. The van der Waals surface area contributed by atoms with E-state index in [0.717, 1.165) is 5.56 Å². The van der Waals surface area contributed by atoms with Gasteiger partial charge < -0.3 is 10.4 Å². The molecule has 2 aromatic carbocycles. The minimum atomic E-state index is -0.616. The van der Waals surface area contributed by atoms with Gasteiger partial charge in [-0.1, -0.05) is 41.9 Å². The summed E-state index contributed by atoms with van der Waals surface area (Å²) in [6.07, 6.45) is 0.899. The van der Waals surface area contributed by atoms with E-state index in [4.69, 9.17) is 11.6 Å². The molecule has 3 nitrogen and oxygen atoms in total. The van der Waals surface area contributed by atoms with Gasteiger partial charge in [-0.2, -0.15) is 0 Å². The number of nitrogens with one attached hydrogen (secondary N) is 1. The highest BCUT2D eigenvalue weighted by atomic mass is 35.5. The van der Waals surface area contributed by atoms with E-state index in [0.29, 0.717) is 22.8 Å². The molecule has 1 atom stereocenters. The van der Waals surface area contributed by atoms with Gasteiger partial charge in [-0.15, -0.1) is 0 Å². The van der Waals surface area contributed by atoms with Crippen LogP contribution in [0.5, 0.6) is 0 Å². The molecule has 0 heterocycles. The van der Waals surface area contributed by atoms with Crippen LogP contribution in [0.15, 0.2) is 66.4 Å². The number of aliphatic hydroxyl groups is 1. The molecule has 0 aliphatic heterocycles. The molecule has 2 rings (SSSR count). The summed E-state index contributed by atoms with van der Waals surface area (Å²) in [7, 11) is 0. The van der Waals surface area contributed by atoms with E-state index in [1.165, 1.54) is 6.08 Å². The zero-order valence-electron chi connectivity index (χ0n) is 12.3. The molecular formula is C18H18ClNO2. The molecule has 0 spiro atoms. The Kier molecular flexibility index (Phi) is 5.75. The van der Waals surface area contributed by atoms with Gasteiger partial charge in [-0.05, 0) is 36.8 Å². The van der Waals surface area contributed by atoms with Crippen molar-refractivity contribution >= 4 is 17.4 Å². The second kappa shape index (κ2) is 7.78. The lowest BCUT2D eigenvalue weighted by atomic mass is 10.1. The maximum atomic E-state index is 12.1. The lowest BCUT2D eigenvalue weighted by molar-refractivity contribution is 0.104. The zero-order valence-corrected chi connectivity index (χ0v) is 13.0. The quantitative estimate of drug-likeness (QED) is 0.630. The van der Waals surface area contributed by atoms with Gasteiger partial charge in [0.05, 0.1) is 6.10 Å². The molecule has 2 aromatic rings. The van der Waals surface area contributed by atoms with E-state index < -0.39 is 6.10 Å². The largest absolute Gasteiger partial charge is 0.387 e. The third-order valence-corrected chi connectivity index (χ3v) is 3.49. The van der Waals surface area contributed by atoms with Crippen LogP contribution in [-0.4, -0.2) is 17.4 Å². The Morgan fingerprint density at radius 3 is 2.45 bits per heavy atom. The normalized spacial score (nSPS) is 12.8. The predicted molar refractivity (Wildman–Crippen MR) is 88.9 cm³/mol. The fourth-order valence-electron chi connectivity index (χ4n) is 2.00. The molecule has 0 saturated heterocycles. The minimum Gasteiger partial charge on any atom is -0.387 e. The van der Waals surface area contributed by atoms with Gasteiger partial charge in [0.1, 0.15) is 0 Å². The van der Waals surface area contributed by atoms with E-state index >= 15 is 0 Å². The first-order valence-corrected chi connectivity index (χ1v) is 7.39. The molecule has 0 radical (unpaired) electrons. The molecular weight excluding hydrogens is 298 g/mol. The average molecular weight is 316 g/mol. The monoisotopic (exact) mass is 315 g/mol. The molecule has 0 bridgehead atoms. The van der Waals surface area contributed by atoms with E-state index in [2.05, 4.69) is 5.32 Å². The van der Waals surface area contributed by atoms with Gasteiger partial charge in [-0.25, -0.2) is 0 Å².